The lowest BCUT2D eigenvalue weighted by Crippen LogP contribution is -2.47. The maximum Gasteiger partial charge on any atom is 0.239 e. The van der Waals surface area contributed by atoms with Crippen LogP contribution in [0.5, 0.6) is 0 Å². The van der Waals surface area contributed by atoms with Crippen LogP contribution in [0.1, 0.15) is 30.7 Å². The molecule has 7 heteroatoms. The average Bonchev–Trinajstić information content (AvgIpc) is 2.89. The Morgan fingerprint density at radius 3 is 2.65 bits per heavy atom. The molecule has 0 aliphatic heterocycles. The van der Waals surface area contributed by atoms with Crippen molar-refractivity contribution in [1.29, 1.82) is 0 Å². The number of thiazole rings is 1. The number of carbonyl (C=O) groups is 2. The minimum absolute atomic E-state index is 0.0424. The number of hydrogen-bond donors (Lipinski definition) is 3. The number of hydrogen-bond acceptors (Lipinski definition) is 5. The van der Waals surface area contributed by atoms with Crippen LogP contribution in [0.15, 0.2) is 6.20 Å². The minimum Gasteiger partial charge on any atom is -0.348 e. The maximum absolute atomic E-state index is 11.6. The molecule has 0 fully saturated rings. The quantitative estimate of drug-likeness (QED) is 0.679. The minimum atomic E-state index is -0.589. The summed E-state index contributed by atoms with van der Waals surface area (Å²) in [5, 5.41) is 6.10. The largest absolute Gasteiger partial charge is 0.348 e. The number of aromatic nitrogens is 1. The molecule has 1 heterocycles. The van der Waals surface area contributed by atoms with Crippen molar-refractivity contribution in [1.82, 2.24) is 15.6 Å². The molecule has 4 N–H and O–H groups in total. The van der Waals surface area contributed by atoms with Gasteiger partial charge in [-0.1, -0.05) is 20.8 Å². The molecule has 1 aromatic heterocycles. The van der Waals surface area contributed by atoms with E-state index < -0.39 is 6.04 Å². The van der Waals surface area contributed by atoms with Crippen LogP contribution >= 0.6 is 11.3 Å². The van der Waals surface area contributed by atoms with E-state index >= 15 is 0 Å². The Hall–Kier alpha value is -1.47. The van der Waals surface area contributed by atoms with Gasteiger partial charge in [-0.3, -0.25) is 9.59 Å². The zero-order valence-electron chi connectivity index (χ0n) is 12.1. The maximum atomic E-state index is 11.6. The van der Waals surface area contributed by atoms with Gasteiger partial charge in [-0.25, -0.2) is 4.98 Å². The summed E-state index contributed by atoms with van der Waals surface area (Å²) in [6.07, 6.45) is 2.75. The highest BCUT2D eigenvalue weighted by atomic mass is 32.1. The van der Waals surface area contributed by atoms with Crippen molar-refractivity contribution >= 4 is 23.2 Å². The fraction of sp³-hybridized carbons (Fsp3) is 0.615. The van der Waals surface area contributed by atoms with Crippen LogP contribution in [0, 0.1) is 5.92 Å². The van der Waals surface area contributed by atoms with E-state index in [2.05, 4.69) is 22.5 Å². The molecule has 0 aromatic carbocycles. The molecular formula is C13H22N4O2S. The Morgan fingerprint density at radius 1 is 1.40 bits per heavy atom. The fourth-order valence-corrected chi connectivity index (χ4v) is 2.22. The molecule has 0 aliphatic rings. The number of amides is 2. The van der Waals surface area contributed by atoms with Crippen LogP contribution in [0.4, 0.5) is 0 Å². The highest BCUT2D eigenvalue weighted by molar-refractivity contribution is 7.11. The highest BCUT2D eigenvalue weighted by Gasteiger charge is 2.17. The summed E-state index contributed by atoms with van der Waals surface area (Å²) in [5.74, 6) is -0.513. The van der Waals surface area contributed by atoms with Gasteiger partial charge in [0, 0.05) is 11.1 Å². The molecule has 0 radical (unpaired) electrons. The first kappa shape index (κ1) is 16.6. The van der Waals surface area contributed by atoms with Crippen molar-refractivity contribution in [3.8, 4) is 0 Å². The molecule has 0 unspecified atom stereocenters. The molecule has 0 spiro atoms. The number of aryl methyl sites for hydroxylation is 1. The molecule has 1 aromatic rings. The van der Waals surface area contributed by atoms with Gasteiger partial charge in [-0.15, -0.1) is 11.3 Å². The predicted molar refractivity (Wildman–Crippen MR) is 79.2 cm³/mol. The Morgan fingerprint density at radius 2 is 2.10 bits per heavy atom. The van der Waals surface area contributed by atoms with Crippen molar-refractivity contribution in [3.05, 3.63) is 16.1 Å². The second kappa shape index (κ2) is 7.96. The third-order valence-electron chi connectivity index (χ3n) is 2.83. The molecule has 2 amide bonds. The van der Waals surface area contributed by atoms with Gasteiger partial charge in [0.05, 0.1) is 19.1 Å². The summed E-state index contributed by atoms with van der Waals surface area (Å²) in [7, 11) is 0. The standard InChI is InChI=1S/C13H22N4O2S/c1-4-9-5-16-11(20-9)7-15-10(18)6-17-13(19)12(14)8(2)3/h5,8,12H,4,6-7,14H2,1-3H3,(H,15,18)(H,17,19)/t12-/m0/s1. The van der Waals surface area contributed by atoms with Crippen molar-refractivity contribution < 1.29 is 9.59 Å². The summed E-state index contributed by atoms with van der Waals surface area (Å²) in [6, 6.07) is -0.589. The topological polar surface area (TPSA) is 97.1 Å². The number of carbonyl (C=O) groups excluding carboxylic acids is 2. The molecule has 0 aliphatic carbocycles. The molecule has 20 heavy (non-hydrogen) atoms. The molecule has 112 valence electrons. The van der Waals surface area contributed by atoms with Gasteiger partial charge < -0.3 is 16.4 Å². The van der Waals surface area contributed by atoms with Gasteiger partial charge in [0.25, 0.3) is 0 Å². The molecule has 1 atom stereocenters. The van der Waals surface area contributed by atoms with Crippen LogP contribution in [-0.2, 0) is 22.6 Å². The summed E-state index contributed by atoms with van der Waals surface area (Å²) in [4.78, 5) is 28.6. The smallest absolute Gasteiger partial charge is 0.239 e. The Kier molecular flexibility index (Phi) is 6.60. The highest BCUT2D eigenvalue weighted by Crippen LogP contribution is 2.12. The van der Waals surface area contributed by atoms with E-state index in [-0.39, 0.29) is 24.3 Å². The number of nitrogens with one attached hydrogen (secondary N) is 2. The second-order valence-electron chi connectivity index (χ2n) is 4.84. The van der Waals surface area contributed by atoms with Gasteiger partial charge in [0.2, 0.25) is 11.8 Å². The SMILES string of the molecule is CCc1cnc(CNC(=O)CNC(=O)[C@@H](N)C(C)C)s1. The Balaban J connectivity index is 2.28. The van der Waals surface area contributed by atoms with Gasteiger partial charge in [0.1, 0.15) is 5.01 Å². The van der Waals surface area contributed by atoms with E-state index in [9.17, 15) is 9.59 Å². The van der Waals surface area contributed by atoms with Crippen molar-refractivity contribution in [2.45, 2.75) is 39.8 Å². The first-order valence-electron chi connectivity index (χ1n) is 6.67. The fourth-order valence-electron chi connectivity index (χ4n) is 1.42. The first-order chi connectivity index (χ1) is 9.43. The van der Waals surface area contributed by atoms with E-state index in [0.29, 0.717) is 6.54 Å². The summed E-state index contributed by atoms with van der Waals surface area (Å²) < 4.78 is 0. The summed E-state index contributed by atoms with van der Waals surface area (Å²) >= 11 is 1.57. The summed E-state index contributed by atoms with van der Waals surface area (Å²) in [5.41, 5.74) is 5.68. The lowest BCUT2D eigenvalue weighted by atomic mass is 10.1. The molecule has 0 saturated heterocycles. The molecular weight excluding hydrogens is 276 g/mol. The van der Waals surface area contributed by atoms with Crippen LogP contribution in [-0.4, -0.2) is 29.4 Å². The third kappa shape index (κ3) is 5.26. The second-order valence-corrected chi connectivity index (χ2v) is 6.04. The Labute approximate surface area is 123 Å². The zero-order valence-corrected chi connectivity index (χ0v) is 12.9. The Bertz CT molecular complexity index is 459. The van der Waals surface area contributed by atoms with E-state index in [1.807, 2.05) is 20.0 Å². The van der Waals surface area contributed by atoms with Crippen molar-refractivity contribution in [2.75, 3.05) is 6.54 Å². The molecule has 0 saturated carbocycles. The van der Waals surface area contributed by atoms with Crippen LogP contribution in [0.3, 0.4) is 0 Å². The van der Waals surface area contributed by atoms with Crippen LogP contribution in [0.25, 0.3) is 0 Å². The lowest BCUT2D eigenvalue weighted by Gasteiger charge is -2.14. The van der Waals surface area contributed by atoms with Crippen LogP contribution in [0.2, 0.25) is 0 Å². The number of nitrogens with two attached hydrogens (primary N) is 1. The van der Waals surface area contributed by atoms with Crippen LogP contribution < -0.4 is 16.4 Å². The normalized spacial score (nSPS) is 12.2. The lowest BCUT2D eigenvalue weighted by molar-refractivity contribution is -0.127. The van der Waals surface area contributed by atoms with Crippen molar-refractivity contribution in [2.24, 2.45) is 11.7 Å². The number of rotatable bonds is 7. The van der Waals surface area contributed by atoms with E-state index in [1.54, 1.807) is 11.3 Å². The van der Waals surface area contributed by atoms with Gasteiger partial charge in [0.15, 0.2) is 0 Å². The zero-order chi connectivity index (χ0) is 15.1. The molecule has 0 bridgehead atoms. The van der Waals surface area contributed by atoms with E-state index in [0.717, 1.165) is 11.4 Å². The van der Waals surface area contributed by atoms with Gasteiger partial charge in [-0.05, 0) is 12.3 Å². The molecule has 6 nitrogen and oxygen atoms in total. The van der Waals surface area contributed by atoms with Crippen molar-refractivity contribution in [3.63, 3.8) is 0 Å². The van der Waals surface area contributed by atoms with E-state index in [4.69, 9.17) is 5.73 Å². The number of nitrogens with zero attached hydrogens (tertiary/aromatic N) is 1. The molecule has 1 rings (SSSR count). The van der Waals surface area contributed by atoms with Gasteiger partial charge >= 0.3 is 0 Å². The first-order valence-corrected chi connectivity index (χ1v) is 7.49. The summed E-state index contributed by atoms with van der Waals surface area (Å²) in [6.45, 7) is 6.10. The predicted octanol–water partition coefficient (Wildman–Crippen LogP) is 0.421. The monoisotopic (exact) mass is 298 g/mol. The third-order valence-corrected chi connectivity index (χ3v) is 3.97. The van der Waals surface area contributed by atoms with E-state index in [1.165, 1.54) is 4.88 Å². The van der Waals surface area contributed by atoms with Gasteiger partial charge in [-0.2, -0.15) is 0 Å². The average molecular weight is 298 g/mol.